The second-order valence-corrected chi connectivity index (χ2v) is 7.85. The molecule has 1 atom stereocenters. The van der Waals surface area contributed by atoms with Gasteiger partial charge in [0.2, 0.25) is 0 Å². The number of pyridine rings is 1. The number of nitrogens with zero attached hydrogens (tertiary/aromatic N) is 1. The molecule has 0 spiro atoms. The summed E-state index contributed by atoms with van der Waals surface area (Å²) in [5, 5.41) is 0.987. The minimum atomic E-state index is -0.414. The van der Waals surface area contributed by atoms with E-state index in [1.807, 2.05) is 50.2 Å². The Morgan fingerprint density at radius 1 is 1.14 bits per heavy atom. The number of amides is 1. The van der Waals surface area contributed by atoms with Crippen molar-refractivity contribution in [3.63, 3.8) is 0 Å². The zero-order chi connectivity index (χ0) is 20.4. The maximum atomic E-state index is 13.1. The van der Waals surface area contributed by atoms with Crippen LogP contribution in [0.25, 0.3) is 10.9 Å². The Balaban J connectivity index is 1.68. The predicted octanol–water partition coefficient (Wildman–Crippen LogP) is 3.85. The molecule has 1 amide bonds. The SMILES string of the molecule is Cc1cc(C)c2[nH]c(=O)c(CN(Cc3ccccc3)C(=O)[C@H]3CCCO3)cc2c1. The van der Waals surface area contributed by atoms with E-state index in [4.69, 9.17) is 4.74 Å². The fourth-order valence-electron chi connectivity index (χ4n) is 4.05. The Morgan fingerprint density at radius 2 is 1.93 bits per heavy atom. The van der Waals surface area contributed by atoms with Crippen molar-refractivity contribution in [2.24, 2.45) is 0 Å². The van der Waals surface area contributed by atoms with Gasteiger partial charge >= 0.3 is 0 Å². The first kappa shape index (κ1) is 19.4. The Hall–Kier alpha value is -2.92. The third-order valence-electron chi connectivity index (χ3n) is 5.46. The molecule has 0 unspecified atom stereocenters. The lowest BCUT2D eigenvalue weighted by Gasteiger charge is -2.25. The maximum Gasteiger partial charge on any atom is 0.253 e. The van der Waals surface area contributed by atoms with Gasteiger partial charge in [0.15, 0.2) is 0 Å². The van der Waals surface area contributed by atoms with E-state index in [9.17, 15) is 9.59 Å². The first-order chi connectivity index (χ1) is 14.0. The van der Waals surface area contributed by atoms with Crippen molar-refractivity contribution in [2.75, 3.05) is 6.61 Å². The minimum Gasteiger partial charge on any atom is -0.368 e. The number of carbonyl (C=O) groups is 1. The number of hydrogen-bond acceptors (Lipinski definition) is 3. The number of H-pyrrole nitrogens is 1. The molecule has 29 heavy (non-hydrogen) atoms. The molecular weight excluding hydrogens is 364 g/mol. The Kier molecular flexibility index (Phi) is 5.49. The van der Waals surface area contributed by atoms with Crippen LogP contribution in [0.4, 0.5) is 0 Å². The molecule has 0 aliphatic carbocycles. The number of aromatic amines is 1. The number of benzene rings is 2. The molecule has 0 bridgehead atoms. The van der Waals surface area contributed by atoms with Gasteiger partial charge in [-0.05, 0) is 55.3 Å². The average molecular weight is 390 g/mol. The van der Waals surface area contributed by atoms with Crippen molar-refractivity contribution < 1.29 is 9.53 Å². The smallest absolute Gasteiger partial charge is 0.253 e. The number of rotatable bonds is 5. The minimum absolute atomic E-state index is 0.0497. The number of aromatic nitrogens is 1. The van der Waals surface area contributed by atoms with Crippen molar-refractivity contribution in [2.45, 2.75) is 45.9 Å². The molecule has 2 heterocycles. The number of fused-ring (bicyclic) bond motifs is 1. The van der Waals surface area contributed by atoms with Crippen LogP contribution in [-0.4, -0.2) is 28.5 Å². The lowest BCUT2D eigenvalue weighted by atomic mass is 10.0. The van der Waals surface area contributed by atoms with Crippen LogP contribution >= 0.6 is 0 Å². The van der Waals surface area contributed by atoms with Crippen LogP contribution in [-0.2, 0) is 22.6 Å². The Morgan fingerprint density at radius 3 is 2.66 bits per heavy atom. The lowest BCUT2D eigenvalue weighted by molar-refractivity contribution is -0.142. The summed E-state index contributed by atoms with van der Waals surface area (Å²) in [5.74, 6) is -0.0497. The van der Waals surface area contributed by atoms with Crippen molar-refractivity contribution in [3.8, 4) is 0 Å². The summed E-state index contributed by atoms with van der Waals surface area (Å²) in [6, 6.07) is 15.9. The summed E-state index contributed by atoms with van der Waals surface area (Å²) in [7, 11) is 0. The van der Waals surface area contributed by atoms with Gasteiger partial charge in [0.1, 0.15) is 6.10 Å². The molecule has 1 fully saturated rings. The molecule has 4 rings (SSSR count). The second kappa shape index (κ2) is 8.21. The van der Waals surface area contributed by atoms with Gasteiger partial charge in [-0.3, -0.25) is 9.59 Å². The molecule has 1 aliphatic heterocycles. The molecule has 1 aliphatic rings. The van der Waals surface area contributed by atoms with Gasteiger partial charge in [-0.1, -0.05) is 42.0 Å². The topological polar surface area (TPSA) is 62.4 Å². The fraction of sp³-hybridized carbons (Fsp3) is 0.333. The van der Waals surface area contributed by atoms with E-state index in [0.29, 0.717) is 18.7 Å². The standard InChI is InChI=1S/C24H26N2O3/c1-16-11-17(2)22-19(12-16)13-20(23(27)25-22)15-26(14-18-7-4-3-5-8-18)24(28)21-9-6-10-29-21/h3-5,7-8,11-13,21H,6,9-10,14-15H2,1-2H3,(H,25,27)/t21-/m1/s1. The van der Waals surface area contributed by atoms with Gasteiger partial charge in [-0.25, -0.2) is 0 Å². The van der Waals surface area contributed by atoms with Crippen molar-refractivity contribution >= 4 is 16.8 Å². The predicted molar refractivity (Wildman–Crippen MR) is 114 cm³/mol. The third-order valence-corrected chi connectivity index (χ3v) is 5.46. The molecule has 0 saturated carbocycles. The van der Waals surface area contributed by atoms with Crippen LogP contribution in [0.1, 0.15) is 35.1 Å². The van der Waals surface area contributed by atoms with Crippen LogP contribution in [0, 0.1) is 13.8 Å². The monoisotopic (exact) mass is 390 g/mol. The first-order valence-corrected chi connectivity index (χ1v) is 10.1. The Labute approximate surface area is 170 Å². The van der Waals surface area contributed by atoms with E-state index >= 15 is 0 Å². The van der Waals surface area contributed by atoms with Gasteiger partial charge in [0.05, 0.1) is 12.1 Å². The summed E-state index contributed by atoms with van der Waals surface area (Å²) in [5.41, 5.74) is 4.50. The molecule has 2 aromatic carbocycles. The molecule has 1 aromatic heterocycles. The second-order valence-electron chi connectivity index (χ2n) is 7.85. The van der Waals surface area contributed by atoms with E-state index in [1.165, 1.54) is 0 Å². The van der Waals surface area contributed by atoms with Gasteiger partial charge in [0, 0.05) is 18.7 Å². The normalized spacial score (nSPS) is 16.3. The van der Waals surface area contributed by atoms with Gasteiger partial charge in [0.25, 0.3) is 11.5 Å². The molecule has 1 N–H and O–H groups in total. The van der Waals surface area contributed by atoms with Gasteiger partial charge in [-0.2, -0.15) is 0 Å². The van der Waals surface area contributed by atoms with Gasteiger partial charge in [-0.15, -0.1) is 0 Å². The molecule has 150 valence electrons. The van der Waals surface area contributed by atoms with Crippen molar-refractivity contribution in [3.05, 3.63) is 81.1 Å². The quantitative estimate of drug-likeness (QED) is 0.720. The summed E-state index contributed by atoms with van der Waals surface area (Å²) in [4.78, 5) is 30.7. The summed E-state index contributed by atoms with van der Waals surface area (Å²) >= 11 is 0. The van der Waals surface area contributed by atoms with E-state index in [-0.39, 0.29) is 18.0 Å². The van der Waals surface area contributed by atoms with Crippen molar-refractivity contribution in [1.29, 1.82) is 0 Å². The fourth-order valence-corrected chi connectivity index (χ4v) is 4.05. The number of aryl methyl sites for hydroxylation is 2. The lowest BCUT2D eigenvalue weighted by Crippen LogP contribution is -2.39. The van der Waals surface area contributed by atoms with E-state index in [2.05, 4.69) is 17.1 Å². The van der Waals surface area contributed by atoms with Crippen molar-refractivity contribution in [1.82, 2.24) is 9.88 Å². The van der Waals surface area contributed by atoms with E-state index < -0.39 is 6.10 Å². The average Bonchev–Trinajstić information content (AvgIpc) is 3.24. The van der Waals surface area contributed by atoms with Crippen LogP contribution in [0.5, 0.6) is 0 Å². The molecule has 5 nitrogen and oxygen atoms in total. The molecule has 5 heteroatoms. The Bertz CT molecular complexity index is 1080. The van der Waals surface area contributed by atoms with Crippen LogP contribution in [0.15, 0.2) is 53.3 Å². The maximum absolute atomic E-state index is 13.1. The molecule has 3 aromatic rings. The largest absolute Gasteiger partial charge is 0.368 e. The van der Waals surface area contributed by atoms with Crippen LogP contribution < -0.4 is 5.56 Å². The first-order valence-electron chi connectivity index (χ1n) is 10.1. The van der Waals surface area contributed by atoms with Crippen LogP contribution in [0.2, 0.25) is 0 Å². The van der Waals surface area contributed by atoms with Gasteiger partial charge < -0.3 is 14.6 Å². The zero-order valence-corrected chi connectivity index (χ0v) is 16.9. The number of carbonyl (C=O) groups excluding carboxylic acids is 1. The summed E-state index contributed by atoms with van der Waals surface area (Å²) in [6.07, 6.45) is 1.21. The zero-order valence-electron chi connectivity index (χ0n) is 16.9. The van der Waals surface area contributed by atoms with E-state index in [0.717, 1.165) is 40.4 Å². The highest BCUT2D eigenvalue weighted by Gasteiger charge is 2.29. The van der Waals surface area contributed by atoms with E-state index in [1.54, 1.807) is 4.90 Å². The summed E-state index contributed by atoms with van der Waals surface area (Å²) in [6.45, 7) is 5.36. The summed E-state index contributed by atoms with van der Waals surface area (Å²) < 4.78 is 5.63. The third kappa shape index (κ3) is 4.25. The number of ether oxygens (including phenoxy) is 1. The highest BCUT2D eigenvalue weighted by atomic mass is 16.5. The molecule has 1 saturated heterocycles. The highest BCUT2D eigenvalue weighted by molar-refractivity contribution is 5.83. The molecular formula is C24H26N2O3. The molecule has 0 radical (unpaired) electrons. The number of nitrogens with one attached hydrogen (secondary N) is 1. The highest BCUT2D eigenvalue weighted by Crippen LogP contribution is 2.21. The number of hydrogen-bond donors (Lipinski definition) is 1. The van der Waals surface area contributed by atoms with Crippen LogP contribution in [0.3, 0.4) is 0 Å².